The van der Waals surface area contributed by atoms with Gasteiger partial charge in [0.1, 0.15) is 0 Å². The van der Waals surface area contributed by atoms with Crippen LogP contribution in [0.3, 0.4) is 0 Å². The average Bonchev–Trinajstić information content (AvgIpc) is 3.21. The van der Waals surface area contributed by atoms with Crippen molar-refractivity contribution >= 4 is 23.4 Å². The number of hydrogen-bond donors (Lipinski definition) is 1. The van der Waals surface area contributed by atoms with Gasteiger partial charge in [0.2, 0.25) is 0 Å². The summed E-state index contributed by atoms with van der Waals surface area (Å²) in [6.07, 6.45) is 7.99. The van der Waals surface area contributed by atoms with Gasteiger partial charge in [-0.1, -0.05) is 23.9 Å². The molecule has 144 valence electrons. The van der Waals surface area contributed by atoms with Gasteiger partial charge >= 0.3 is 0 Å². The topological polar surface area (TPSA) is 50.2 Å². The van der Waals surface area contributed by atoms with Crippen LogP contribution in [0.25, 0.3) is 5.69 Å². The van der Waals surface area contributed by atoms with Gasteiger partial charge in [-0.15, -0.1) is 0 Å². The third-order valence-corrected chi connectivity index (χ3v) is 5.81. The van der Waals surface area contributed by atoms with E-state index in [1.54, 1.807) is 18.0 Å². The highest BCUT2D eigenvalue weighted by Gasteiger charge is 2.14. The Labute approximate surface area is 169 Å². The summed E-state index contributed by atoms with van der Waals surface area (Å²) in [4.78, 5) is 19.1. The van der Waals surface area contributed by atoms with Crippen molar-refractivity contribution in [2.75, 3.05) is 24.7 Å². The molecule has 28 heavy (non-hydrogen) atoms. The van der Waals surface area contributed by atoms with Crippen molar-refractivity contribution in [3.8, 4) is 5.69 Å². The monoisotopic (exact) mass is 392 g/mol. The molecule has 1 amide bonds. The molecule has 1 aromatic heterocycles. The molecule has 0 bridgehead atoms. The fourth-order valence-corrected chi connectivity index (χ4v) is 4.17. The lowest BCUT2D eigenvalue weighted by Gasteiger charge is -2.27. The second-order valence-electron chi connectivity index (χ2n) is 7.00. The second kappa shape index (κ2) is 8.10. The number of carbonyl (C=O) groups is 1. The van der Waals surface area contributed by atoms with Crippen LogP contribution in [-0.4, -0.2) is 35.3 Å². The van der Waals surface area contributed by atoms with Gasteiger partial charge in [-0.3, -0.25) is 9.36 Å². The van der Waals surface area contributed by atoms with E-state index >= 15 is 0 Å². The predicted octanol–water partition coefficient (Wildman–Crippen LogP) is 3.91. The number of benzene rings is 2. The molecular formula is C22H24N4OS. The van der Waals surface area contributed by atoms with E-state index in [2.05, 4.69) is 40.4 Å². The van der Waals surface area contributed by atoms with Crippen molar-refractivity contribution in [3.63, 3.8) is 0 Å². The lowest BCUT2D eigenvalue weighted by atomic mass is 9.99. The maximum Gasteiger partial charge on any atom is 0.251 e. The van der Waals surface area contributed by atoms with E-state index in [1.807, 2.05) is 41.3 Å². The summed E-state index contributed by atoms with van der Waals surface area (Å²) in [5.74, 6) is -0.0582. The number of fused-ring (bicyclic) bond motifs is 1. The third kappa shape index (κ3) is 3.78. The molecule has 3 aromatic rings. The van der Waals surface area contributed by atoms with Crippen LogP contribution in [0.4, 0.5) is 5.69 Å². The molecule has 0 saturated heterocycles. The fraction of sp³-hybridized carbons (Fsp3) is 0.273. The molecule has 2 heterocycles. The number of nitrogens with one attached hydrogen (secondary N) is 1. The molecule has 0 fully saturated rings. The summed E-state index contributed by atoms with van der Waals surface area (Å²) in [6, 6.07) is 14.1. The number of aryl methyl sites for hydroxylation is 1. The Morgan fingerprint density at radius 3 is 2.82 bits per heavy atom. The summed E-state index contributed by atoms with van der Waals surface area (Å²) < 4.78 is 2.01. The van der Waals surface area contributed by atoms with E-state index < -0.39 is 0 Å². The van der Waals surface area contributed by atoms with Crippen LogP contribution >= 0.6 is 11.8 Å². The number of carbonyl (C=O) groups excluding carboxylic acids is 1. The molecule has 1 aliphatic rings. The molecule has 0 aliphatic carbocycles. The van der Waals surface area contributed by atoms with Crippen molar-refractivity contribution in [2.24, 2.45) is 0 Å². The first-order valence-corrected chi connectivity index (χ1v) is 10.7. The zero-order valence-corrected chi connectivity index (χ0v) is 17.0. The second-order valence-corrected chi connectivity index (χ2v) is 7.78. The van der Waals surface area contributed by atoms with E-state index in [-0.39, 0.29) is 5.91 Å². The highest BCUT2D eigenvalue weighted by atomic mass is 32.2. The van der Waals surface area contributed by atoms with Gasteiger partial charge in [0.15, 0.2) is 5.16 Å². The highest BCUT2D eigenvalue weighted by molar-refractivity contribution is 7.98. The summed E-state index contributed by atoms with van der Waals surface area (Å²) in [5.41, 5.74) is 5.47. The van der Waals surface area contributed by atoms with Crippen LogP contribution < -0.4 is 10.2 Å². The lowest BCUT2D eigenvalue weighted by molar-refractivity contribution is 0.0951. The number of imidazole rings is 1. The van der Waals surface area contributed by atoms with E-state index in [0.717, 1.165) is 29.4 Å². The van der Waals surface area contributed by atoms with Crippen LogP contribution in [0.1, 0.15) is 27.9 Å². The Morgan fingerprint density at radius 1 is 1.21 bits per heavy atom. The molecule has 2 aromatic carbocycles. The molecule has 0 radical (unpaired) electrons. The van der Waals surface area contributed by atoms with Gasteiger partial charge in [0, 0.05) is 49.5 Å². The third-order valence-electron chi connectivity index (χ3n) is 5.14. The Bertz CT molecular complexity index is 980. The molecule has 1 aliphatic heterocycles. The van der Waals surface area contributed by atoms with Gasteiger partial charge in [-0.05, 0) is 60.6 Å². The van der Waals surface area contributed by atoms with Gasteiger partial charge in [-0.25, -0.2) is 4.98 Å². The maximum absolute atomic E-state index is 12.5. The number of amides is 1. The van der Waals surface area contributed by atoms with Crippen LogP contribution in [-0.2, 0) is 13.0 Å². The SMILES string of the molecule is CSc1nccn1-c1ccc(C(=O)NCc2ccc3c(c2)CCCN3C)cc1. The standard InChI is InChI=1S/C22H24N4OS/c1-25-12-3-4-18-14-16(5-10-20(18)25)15-24-21(27)17-6-8-19(9-7-17)26-13-11-23-22(26)28-2/h5-11,13-14H,3-4,12,15H2,1-2H3,(H,24,27). The maximum atomic E-state index is 12.5. The first-order chi connectivity index (χ1) is 13.7. The van der Waals surface area contributed by atoms with Crippen molar-refractivity contribution in [2.45, 2.75) is 24.5 Å². The van der Waals surface area contributed by atoms with Crippen molar-refractivity contribution < 1.29 is 4.79 Å². The van der Waals surface area contributed by atoms with Gasteiger partial charge in [0.05, 0.1) is 0 Å². The Hall–Kier alpha value is -2.73. The van der Waals surface area contributed by atoms with E-state index in [9.17, 15) is 4.79 Å². The van der Waals surface area contributed by atoms with Gasteiger partial charge in [0.25, 0.3) is 5.91 Å². The van der Waals surface area contributed by atoms with Crippen molar-refractivity contribution in [1.82, 2.24) is 14.9 Å². The normalized spacial score (nSPS) is 13.3. The lowest BCUT2D eigenvalue weighted by Crippen LogP contribution is -2.25. The molecule has 0 spiro atoms. The number of rotatable bonds is 5. The van der Waals surface area contributed by atoms with Crippen LogP contribution in [0.5, 0.6) is 0 Å². The minimum Gasteiger partial charge on any atom is -0.374 e. The predicted molar refractivity (Wildman–Crippen MR) is 115 cm³/mol. The smallest absolute Gasteiger partial charge is 0.251 e. The van der Waals surface area contributed by atoms with E-state index in [4.69, 9.17) is 0 Å². The number of nitrogens with zero attached hydrogens (tertiary/aromatic N) is 3. The molecule has 0 atom stereocenters. The first kappa shape index (κ1) is 18.6. The Kier molecular flexibility index (Phi) is 5.39. The first-order valence-electron chi connectivity index (χ1n) is 9.44. The van der Waals surface area contributed by atoms with Crippen molar-refractivity contribution in [1.29, 1.82) is 0 Å². The van der Waals surface area contributed by atoms with Gasteiger partial charge in [-0.2, -0.15) is 0 Å². The van der Waals surface area contributed by atoms with Gasteiger partial charge < -0.3 is 10.2 Å². The number of anilines is 1. The molecule has 5 nitrogen and oxygen atoms in total. The summed E-state index contributed by atoms with van der Waals surface area (Å²) >= 11 is 1.59. The quantitative estimate of drug-likeness (QED) is 0.669. The highest BCUT2D eigenvalue weighted by Crippen LogP contribution is 2.26. The minimum absolute atomic E-state index is 0.0582. The molecule has 1 N–H and O–H groups in total. The largest absolute Gasteiger partial charge is 0.374 e. The minimum atomic E-state index is -0.0582. The zero-order chi connectivity index (χ0) is 19.5. The molecular weight excluding hydrogens is 368 g/mol. The molecule has 0 unspecified atom stereocenters. The number of aromatic nitrogens is 2. The molecule has 0 saturated carbocycles. The summed E-state index contributed by atoms with van der Waals surface area (Å²) in [6.45, 7) is 1.65. The zero-order valence-electron chi connectivity index (χ0n) is 16.2. The average molecular weight is 393 g/mol. The summed E-state index contributed by atoms with van der Waals surface area (Å²) in [5, 5.41) is 3.96. The number of thioether (sulfide) groups is 1. The number of hydrogen-bond acceptors (Lipinski definition) is 4. The van der Waals surface area contributed by atoms with E-state index in [1.165, 1.54) is 17.7 Å². The van der Waals surface area contributed by atoms with Crippen LogP contribution in [0, 0.1) is 0 Å². The van der Waals surface area contributed by atoms with Crippen molar-refractivity contribution in [3.05, 3.63) is 71.5 Å². The summed E-state index contributed by atoms with van der Waals surface area (Å²) in [7, 11) is 2.13. The molecule has 4 rings (SSSR count). The Morgan fingerprint density at radius 2 is 2.04 bits per heavy atom. The van der Waals surface area contributed by atoms with E-state index in [0.29, 0.717) is 12.1 Å². The van der Waals surface area contributed by atoms with Crippen LogP contribution in [0.2, 0.25) is 0 Å². The van der Waals surface area contributed by atoms with Crippen LogP contribution in [0.15, 0.2) is 60.0 Å². The fourth-order valence-electron chi connectivity index (χ4n) is 3.64. The Balaban J connectivity index is 1.41. The molecule has 6 heteroatoms.